The van der Waals surface area contributed by atoms with Crippen molar-refractivity contribution in [2.24, 2.45) is 7.05 Å². The molecule has 1 aromatic carbocycles. The fourth-order valence-electron chi connectivity index (χ4n) is 3.20. The Labute approximate surface area is 142 Å². The smallest absolute Gasteiger partial charge is 0.260 e. The summed E-state index contributed by atoms with van der Waals surface area (Å²) in [6, 6.07) is 7.70. The third-order valence-electron chi connectivity index (χ3n) is 4.40. The highest BCUT2D eigenvalue weighted by atomic mass is 16.5. The third kappa shape index (κ3) is 3.28. The van der Waals surface area contributed by atoms with Crippen molar-refractivity contribution in [3.63, 3.8) is 0 Å². The van der Waals surface area contributed by atoms with Crippen LogP contribution in [0.15, 0.2) is 30.6 Å². The lowest BCUT2D eigenvalue weighted by molar-refractivity contribution is -0.135. The summed E-state index contributed by atoms with van der Waals surface area (Å²) in [6.45, 7) is 3.71. The van der Waals surface area contributed by atoms with Crippen molar-refractivity contribution in [2.45, 2.75) is 19.4 Å². The van der Waals surface area contributed by atoms with Gasteiger partial charge in [0.15, 0.2) is 6.61 Å². The number of aromatic nitrogens is 2. The molecule has 3 rings (SSSR count). The molecule has 6 heteroatoms. The summed E-state index contributed by atoms with van der Waals surface area (Å²) < 4.78 is 13.0. The Kier molecular flexibility index (Phi) is 4.85. The summed E-state index contributed by atoms with van der Waals surface area (Å²) in [5.74, 6) is 0.846. The topological polar surface area (TPSA) is 56.6 Å². The lowest BCUT2D eigenvalue weighted by atomic mass is 9.99. The van der Waals surface area contributed by atoms with E-state index in [1.165, 1.54) is 0 Å². The van der Waals surface area contributed by atoms with Crippen molar-refractivity contribution < 1.29 is 14.3 Å². The Hall–Kier alpha value is -2.34. The minimum Gasteiger partial charge on any atom is -0.484 e. The van der Waals surface area contributed by atoms with Crippen molar-refractivity contribution in [3.8, 4) is 5.75 Å². The number of methoxy groups -OCH3 is 1. The maximum atomic E-state index is 12.6. The minimum absolute atomic E-state index is 0.0318. The highest BCUT2D eigenvalue weighted by Crippen LogP contribution is 2.27. The molecule has 24 heavy (non-hydrogen) atoms. The summed E-state index contributed by atoms with van der Waals surface area (Å²) in [5.41, 5.74) is 3.11. The molecule has 0 fully saturated rings. The van der Waals surface area contributed by atoms with Crippen molar-refractivity contribution in [1.29, 1.82) is 0 Å². The lowest BCUT2D eigenvalue weighted by Crippen LogP contribution is -2.42. The summed E-state index contributed by atoms with van der Waals surface area (Å²) in [4.78, 5) is 18.8. The van der Waals surface area contributed by atoms with Crippen LogP contribution >= 0.6 is 0 Å². The number of carbonyl (C=O) groups excluding carboxylic acids is 1. The molecule has 0 saturated carbocycles. The van der Waals surface area contributed by atoms with Gasteiger partial charge in [-0.25, -0.2) is 4.98 Å². The zero-order valence-corrected chi connectivity index (χ0v) is 14.4. The van der Waals surface area contributed by atoms with Crippen LogP contribution in [0.4, 0.5) is 0 Å². The second-order valence-corrected chi connectivity index (χ2v) is 6.17. The molecule has 0 spiro atoms. The average molecular weight is 329 g/mol. The van der Waals surface area contributed by atoms with E-state index in [-0.39, 0.29) is 18.4 Å². The number of carbonyl (C=O) groups is 1. The van der Waals surface area contributed by atoms with E-state index in [9.17, 15) is 4.79 Å². The van der Waals surface area contributed by atoms with Crippen molar-refractivity contribution >= 4 is 5.91 Å². The Morgan fingerprint density at radius 3 is 2.92 bits per heavy atom. The van der Waals surface area contributed by atoms with Crippen molar-refractivity contribution in [2.75, 3.05) is 26.9 Å². The number of para-hydroxylation sites is 1. The molecule has 0 bridgehead atoms. The van der Waals surface area contributed by atoms with E-state index in [2.05, 4.69) is 4.98 Å². The molecule has 1 aliphatic rings. The molecule has 1 amide bonds. The maximum absolute atomic E-state index is 12.6. The van der Waals surface area contributed by atoms with E-state index >= 15 is 0 Å². The van der Waals surface area contributed by atoms with Gasteiger partial charge in [0, 0.05) is 32.3 Å². The SMILES string of the molecule is COCC1CN(C(=O)COc2ccccc2C)Cc2ncn(C)c21. The maximum Gasteiger partial charge on any atom is 0.260 e. The van der Waals surface area contributed by atoms with E-state index in [1.54, 1.807) is 18.3 Å². The minimum atomic E-state index is -0.0318. The van der Waals surface area contributed by atoms with Gasteiger partial charge in [0.2, 0.25) is 0 Å². The second kappa shape index (κ2) is 7.05. The number of rotatable bonds is 5. The number of imidazole rings is 1. The molecule has 0 saturated heterocycles. The van der Waals surface area contributed by atoms with Crippen LogP contribution in [-0.2, 0) is 23.1 Å². The van der Waals surface area contributed by atoms with Crippen LogP contribution in [0.25, 0.3) is 0 Å². The molecule has 1 aliphatic heterocycles. The van der Waals surface area contributed by atoms with Crippen LogP contribution < -0.4 is 4.74 Å². The highest BCUT2D eigenvalue weighted by Gasteiger charge is 2.31. The Morgan fingerprint density at radius 1 is 1.38 bits per heavy atom. The molecule has 1 aromatic heterocycles. The van der Waals surface area contributed by atoms with Crippen LogP contribution in [0.3, 0.4) is 0 Å². The Morgan fingerprint density at radius 2 is 2.17 bits per heavy atom. The summed E-state index contributed by atoms with van der Waals surface area (Å²) in [6.07, 6.45) is 1.80. The van der Waals surface area contributed by atoms with Gasteiger partial charge in [0.25, 0.3) is 5.91 Å². The van der Waals surface area contributed by atoms with Crippen LogP contribution in [0.1, 0.15) is 22.9 Å². The highest BCUT2D eigenvalue weighted by molar-refractivity contribution is 5.78. The number of nitrogens with zero attached hydrogens (tertiary/aromatic N) is 3. The van der Waals surface area contributed by atoms with Gasteiger partial charge in [0.1, 0.15) is 5.75 Å². The first-order valence-corrected chi connectivity index (χ1v) is 8.05. The Bertz CT molecular complexity index is 726. The molecule has 1 unspecified atom stereocenters. The quantitative estimate of drug-likeness (QED) is 0.840. The van der Waals surface area contributed by atoms with Crippen LogP contribution in [0.2, 0.25) is 0 Å². The van der Waals surface area contributed by atoms with Crippen molar-refractivity contribution in [1.82, 2.24) is 14.5 Å². The molecule has 6 nitrogen and oxygen atoms in total. The fraction of sp³-hybridized carbons (Fsp3) is 0.444. The number of hydrogen-bond acceptors (Lipinski definition) is 4. The molecule has 0 radical (unpaired) electrons. The Balaban J connectivity index is 1.69. The molecule has 0 N–H and O–H groups in total. The van der Waals surface area contributed by atoms with E-state index in [4.69, 9.17) is 9.47 Å². The molecule has 1 atom stereocenters. The van der Waals surface area contributed by atoms with Crippen LogP contribution in [0, 0.1) is 6.92 Å². The van der Waals surface area contributed by atoms with E-state index in [0.717, 1.165) is 22.7 Å². The monoisotopic (exact) mass is 329 g/mol. The number of hydrogen-bond donors (Lipinski definition) is 0. The predicted molar refractivity (Wildman–Crippen MR) is 89.9 cm³/mol. The average Bonchev–Trinajstić information content (AvgIpc) is 2.95. The molecule has 2 heterocycles. The molecule has 128 valence electrons. The first-order valence-electron chi connectivity index (χ1n) is 8.05. The first-order chi connectivity index (χ1) is 11.6. The first kappa shape index (κ1) is 16.5. The van der Waals surface area contributed by atoms with Crippen LogP contribution in [-0.4, -0.2) is 47.2 Å². The molecule has 0 aliphatic carbocycles. The van der Waals surface area contributed by atoms with Gasteiger partial charge < -0.3 is 18.9 Å². The van der Waals surface area contributed by atoms with Gasteiger partial charge in [-0.2, -0.15) is 0 Å². The standard InChI is InChI=1S/C18H23N3O3/c1-13-6-4-5-7-16(13)24-11-17(22)21-8-14(10-23-3)18-15(9-21)19-12-20(18)2/h4-7,12,14H,8-11H2,1-3H3. The molecular formula is C18H23N3O3. The zero-order chi connectivity index (χ0) is 17.1. The third-order valence-corrected chi connectivity index (χ3v) is 4.40. The zero-order valence-electron chi connectivity index (χ0n) is 14.4. The predicted octanol–water partition coefficient (Wildman–Crippen LogP) is 1.88. The van der Waals surface area contributed by atoms with Gasteiger partial charge in [-0.05, 0) is 18.6 Å². The molecular weight excluding hydrogens is 306 g/mol. The number of aryl methyl sites for hydroxylation is 2. The van der Waals surface area contributed by atoms with Crippen LogP contribution in [0.5, 0.6) is 5.75 Å². The second-order valence-electron chi connectivity index (χ2n) is 6.17. The van der Waals surface area contributed by atoms with E-state index in [0.29, 0.717) is 19.7 Å². The van der Waals surface area contributed by atoms with Gasteiger partial charge >= 0.3 is 0 Å². The lowest BCUT2D eigenvalue weighted by Gasteiger charge is -2.32. The van der Waals surface area contributed by atoms with E-state index in [1.807, 2.05) is 42.8 Å². The number of amides is 1. The van der Waals surface area contributed by atoms with Gasteiger partial charge in [-0.1, -0.05) is 18.2 Å². The largest absolute Gasteiger partial charge is 0.484 e. The van der Waals surface area contributed by atoms with Crippen molar-refractivity contribution in [3.05, 3.63) is 47.5 Å². The van der Waals surface area contributed by atoms with Gasteiger partial charge in [-0.15, -0.1) is 0 Å². The summed E-state index contributed by atoms with van der Waals surface area (Å²) >= 11 is 0. The van der Waals surface area contributed by atoms with E-state index < -0.39 is 0 Å². The summed E-state index contributed by atoms with van der Waals surface area (Å²) in [7, 11) is 3.66. The number of benzene rings is 1. The van der Waals surface area contributed by atoms with Gasteiger partial charge in [0.05, 0.1) is 25.2 Å². The molecule has 2 aromatic rings. The van der Waals surface area contributed by atoms with Gasteiger partial charge in [-0.3, -0.25) is 4.79 Å². The normalized spacial score (nSPS) is 16.8. The summed E-state index contributed by atoms with van der Waals surface area (Å²) in [5, 5.41) is 0. The number of ether oxygens (including phenoxy) is 2. The fourth-order valence-corrected chi connectivity index (χ4v) is 3.20. The number of fused-ring (bicyclic) bond motifs is 1.